The van der Waals surface area contributed by atoms with Crippen molar-refractivity contribution in [3.8, 4) is 0 Å². The molecule has 4 heteroatoms. The van der Waals surface area contributed by atoms with Crippen LogP contribution in [0.3, 0.4) is 0 Å². The van der Waals surface area contributed by atoms with Crippen LogP contribution in [0, 0.1) is 5.92 Å². The standard InChI is InChI=1S/C9H16N4/c10-13-11-6-8-5-7-3-1-2-4-9(7)12-8/h7-9,12H,1-6H2/t7-,8-,9-/m0/s1. The summed E-state index contributed by atoms with van der Waals surface area (Å²) in [5.74, 6) is 0.854. The molecular weight excluding hydrogens is 164 g/mol. The van der Waals surface area contributed by atoms with Gasteiger partial charge < -0.3 is 5.32 Å². The van der Waals surface area contributed by atoms with E-state index in [4.69, 9.17) is 5.53 Å². The van der Waals surface area contributed by atoms with Crippen LogP contribution >= 0.6 is 0 Å². The third-order valence-corrected chi connectivity index (χ3v) is 3.31. The highest BCUT2D eigenvalue weighted by Gasteiger charge is 2.34. The first-order chi connectivity index (χ1) is 6.40. The molecule has 2 fully saturated rings. The Labute approximate surface area is 78.3 Å². The summed E-state index contributed by atoms with van der Waals surface area (Å²) in [5, 5.41) is 7.19. The lowest BCUT2D eigenvalue weighted by Crippen LogP contribution is -2.34. The van der Waals surface area contributed by atoms with Crippen LogP contribution in [0.25, 0.3) is 10.4 Å². The van der Waals surface area contributed by atoms with Gasteiger partial charge >= 0.3 is 0 Å². The molecule has 1 heterocycles. The van der Waals surface area contributed by atoms with E-state index in [1.807, 2.05) is 0 Å². The molecule has 1 aliphatic carbocycles. The first kappa shape index (κ1) is 8.85. The zero-order valence-electron chi connectivity index (χ0n) is 7.82. The average Bonchev–Trinajstić information content (AvgIpc) is 2.57. The van der Waals surface area contributed by atoms with E-state index in [1.165, 1.54) is 32.1 Å². The molecule has 0 aromatic heterocycles. The summed E-state index contributed by atoms with van der Waals surface area (Å²) in [6, 6.07) is 1.16. The molecular formula is C9H16N4. The van der Waals surface area contributed by atoms with E-state index in [9.17, 15) is 0 Å². The van der Waals surface area contributed by atoms with Gasteiger partial charge in [-0.3, -0.25) is 0 Å². The Morgan fingerprint density at radius 2 is 2.23 bits per heavy atom. The van der Waals surface area contributed by atoms with E-state index < -0.39 is 0 Å². The molecule has 4 nitrogen and oxygen atoms in total. The van der Waals surface area contributed by atoms with Crippen LogP contribution in [0.4, 0.5) is 0 Å². The molecule has 0 bridgehead atoms. The smallest absolute Gasteiger partial charge is 0.0412 e. The van der Waals surface area contributed by atoms with Crippen LogP contribution in [-0.2, 0) is 0 Å². The normalized spacial score (nSPS) is 38.0. The second-order valence-corrected chi connectivity index (χ2v) is 4.16. The number of hydrogen-bond donors (Lipinski definition) is 1. The molecule has 0 aromatic rings. The Bertz CT molecular complexity index is 208. The van der Waals surface area contributed by atoms with Crippen LogP contribution in [0.1, 0.15) is 32.1 Å². The maximum atomic E-state index is 8.22. The summed E-state index contributed by atoms with van der Waals surface area (Å²) < 4.78 is 0. The fourth-order valence-corrected chi connectivity index (χ4v) is 2.71. The molecule has 0 spiro atoms. The largest absolute Gasteiger partial charge is 0.311 e. The van der Waals surface area contributed by atoms with Gasteiger partial charge in [0.2, 0.25) is 0 Å². The second-order valence-electron chi connectivity index (χ2n) is 4.16. The Kier molecular flexibility index (Phi) is 2.71. The molecule has 1 aliphatic heterocycles. The van der Waals surface area contributed by atoms with Crippen LogP contribution in [-0.4, -0.2) is 18.6 Å². The monoisotopic (exact) mass is 180 g/mol. The predicted molar refractivity (Wildman–Crippen MR) is 51.3 cm³/mol. The molecule has 72 valence electrons. The SMILES string of the molecule is [N-]=[N+]=NC[C@@H]1C[C@@H]2CCCC[C@@H]2N1. The van der Waals surface area contributed by atoms with Crippen LogP contribution < -0.4 is 5.32 Å². The average molecular weight is 180 g/mol. The summed E-state index contributed by atoms with van der Waals surface area (Å²) >= 11 is 0. The topological polar surface area (TPSA) is 60.8 Å². The Hall–Kier alpha value is -0.730. The van der Waals surface area contributed by atoms with Crippen molar-refractivity contribution in [1.29, 1.82) is 0 Å². The Morgan fingerprint density at radius 1 is 1.38 bits per heavy atom. The zero-order chi connectivity index (χ0) is 9.10. The minimum absolute atomic E-state index is 0.448. The number of azide groups is 1. The molecule has 0 amide bonds. The van der Waals surface area contributed by atoms with Gasteiger partial charge in [0.25, 0.3) is 0 Å². The van der Waals surface area contributed by atoms with Gasteiger partial charge in [0.05, 0.1) is 0 Å². The van der Waals surface area contributed by atoms with E-state index in [0.29, 0.717) is 18.6 Å². The van der Waals surface area contributed by atoms with E-state index in [0.717, 1.165) is 5.92 Å². The van der Waals surface area contributed by atoms with Gasteiger partial charge in [-0.05, 0) is 30.7 Å². The molecule has 1 saturated heterocycles. The van der Waals surface area contributed by atoms with E-state index in [2.05, 4.69) is 15.3 Å². The first-order valence-electron chi connectivity index (χ1n) is 5.17. The number of nitrogens with zero attached hydrogens (tertiary/aromatic N) is 3. The lowest BCUT2D eigenvalue weighted by Gasteiger charge is -2.24. The van der Waals surface area contributed by atoms with Gasteiger partial charge in [-0.15, -0.1) is 0 Å². The highest BCUT2D eigenvalue weighted by Crippen LogP contribution is 2.33. The Morgan fingerprint density at radius 3 is 3.00 bits per heavy atom. The number of hydrogen-bond acceptors (Lipinski definition) is 2. The van der Waals surface area contributed by atoms with Crippen LogP contribution in [0.5, 0.6) is 0 Å². The molecule has 0 unspecified atom stereocenters. The zero-order valence-corrected chi connectivity index (χ0v) is 7.82. The first-order valence-corrected chi connectivity index (χ1v) is 5.17. The minimum Gasteiger partial charge on any atom is -0.311 e. The third kappa shape index (κ3) is 1.95. The molecule has 2 rings (SSSR count). The maximum absolute atomic E-state index is 8.22. The summed E-state index contributed by atoms with van der Waals surface area (Å²) in [4.78, 5) is 2.80. The molecule has 3 atom stereocenters. The quantitative estimate of drug-likeness (QED) is 0.395. The maximum Gasteiger partial charge on any atom is 0.0412 e. The summed E-state index contributed by atoms with van der Waals surface area (Å²) in [6.45, 7) is 0.628. The van der Waals surface area contributed by atoms with Crippen molar-refractivity contribution in [3.63, 3.8) is 0 Å². The van der Waals surface area contributed by atoms with E-state index in [-0.39, 0.29) is 0 Å². The molecule has 2 aliphatic rings. The molecule has 1 saturated carbocycles. The van der Waals surface area contributed by atoms with Crippen molar-refractivity contribution in [3.05, 3.63) is 10.4 Å². The number of nitrogens with one attached hydrogen (secondary N) is 1. The molecule has 1 N–H and O–H groups in total. The Balaban J connectivity index is 1.87. The van der Waals surface area contributed by atoms with Gasteiger partial charge in [-0.1, -0.05) is 18.0 Å². The van der Waals surface area contributed by atoms with Crippen LogP contribution in [0.2, 0.25) is 0 Å². The van der Waals surface area contributed by atoms with Crippen molar-refractivity contribution >= 4 is 0 Å². The van der Waals surface area contributed by atoms with Crippen molar-refractivity contribution in [1.82, 2.24) is 5.32 Å². The minimum atomic E-state index is 0.448. The summed E-state index contributed by atoms with van der Waals surface area (Å²) in [7, 11) is 0. The fourth-order valence-electron chi connectivity index (χ4n) is 2.71. The number of fused-ring (bicyclic) bond motifs is 1. The van der Waals surface area contributed by atoms with Crippen molar-refractivity contribution in [2.45, 2.75) is 44.2 Å². The van der Waals surface area contributed by atoms with E-state index in [1.54, 1.807) is 0 Å². The van der Waals surface area contributed by atoms with Crippen molar-refractivity contribution in [2.75, 3.05) is 6.54 Å². The summed E-state index contributed by atoms with van der Waals surface area (Å²) in [5.41, 5.74) is 8.22. The van der Waals surface area contributed by atoms with Crippen molar-refractivity contribution < 1.29 is 0 Å². The highest BCUT2D eigenvalue weighted by molar-refractivity contribution is 4.93. The lowest BCUT2D eigenvalue weighted by molar-refractivity contribution is 0.325. The molecule has 13 heavy (non-hydrogen) atoms. The van der Waals surface area contributed by atoms with Gasteiger partial charge in [0.1, 0.15) is 0 Å². The van der Waals surface area contributed by atoms with Crippen LogP contribution in [0.15, 0.2) is 5.11 Å². The predicted octanol–water partition coefficient (Wildman–Crippen LogP) is 2.22. The third-order valence-electron chi connectivity index (χ3n) is 3.31. The van der Waals surface area contributed by atoms with Gasteiger partial charge in [0, 0.05) is 23.5 Å². The van der Waals surface area contributed by atoms with E-state index >= 15 is 0 Å². The lowest BCUT2D eigenvalue weighted by atomic mass is 9.85. The highest BCUT2D eigenvalue weighted by atomic mass is 15.2. The second kappa shape index (κ2) is 3.99. The van der Waals surface area contributed by atoms with Gasteiger partial charge in [-0.2, -0.15) is 0 Å². The fraction of sp³-hybridized carbons (Fsp3) is 1.00. The number of rotatable bonds is 2. The van der Waals surface area contributed by atoms with Gasteiger partial charge in [-0.25, -0.2) is 0 Å². The van der Waals surface area contributed by atoms with Gasteiger partial charge in [0.15, 0.2) is 0 Å². The molecule has 0 aromatic carbocycles. The van der Waals surface area contributed by atoms with Crippen molar-refractivity contribution in [2.24, 2.45) is 11.0 Å². The summed E-state index contributed by atoms with van der Waals surface area (Å²) in [6.07, 6.45) is 6.64. The molecule has 0 radical (unpaired) electrons.